The molecule has 2 heterocycles. The van der Waals surface area contributed by atoms with Crippen LogP contribution >= 0.6 is 11.5 Å². The number of unbranched alkanes of at least 4 members (excludes halogenated alkanes) is 1. The van der Waals surface area contributed by atoms with E-state index in [0.29, 0.717) is 25.9 Å². The summed E-state index contributed by atoms with van der Waals surface area (Å²) in [7, 11) is 1.67. The van der Waals surface area contributed by atoms with E-state index in [1.54, 1.807) is 7.11 Å². The summed E-state index contributed by atoms with van der Waals surface area (Å²) in [6.07, 6.45) is 4.27. The maximum Gasteiger partial charge on any atom is 0.224 e. The van der Waals surface area contributed by atoms with Crippen LogP contribution in [0.25, 0.3) is 0 Å². The van der Waals surface area contributed by atoms with Gasteiger partial charge in [-0.25, -0.2) is 4.98 Å². The van der Waals surface area contributed by atoms with Gasteiger partial charge < -0.3 is 14.5 Å². The second-order valence-corrected chi connectivity index (χ2v) is 9.18. The molecule has 0 bridgehead atoms. The molecule has 1 aliphatic rings. The summed E-state index contributed by atoms with van der Waals surface area (Å²) in [5.41, 5.74) is 3.76. The minimum Gasteiger partial charge on any atom is -0.497 e. The first-order valence-electron chi connectivity index (χ1n) is 11.7. The zero-order valence-corrected chi connectivity index (χ0v) is 20.3. The Morgan fingerprint density at radius 2 is 2.00 bits per heavy atom. The first kappa shape index (κ1) is 23.2. The molecule has 0 N–H and O–H groups in total. The summed E-state index contributed by atoms with van der Waals surface area (Å²) in [5, 5.41) is 0.901. The third kappa shape index (κ3) is 6.11. The molecule has 33 heavy (non-hydrogen) atoms. The Morgan fingerprint density at radius 1 is 1.15 bits per heavy atom. The number of hydrogen-bond acceptors (Lipinski definition) is 6. The number of carbonyl (C=O) groups excluding carboxylic acids is 1. The number of fused-ring (bicyclic) bond motifs is 1. The molecule has 1 amide bonds. The van der Waals surface area contributed by atoms with Gasteiger partial charge in [-0.1, -0.05) is 49.7 Å². The number of amides is 1. The second-order valence-electron chi connectivity index (χ2n) is 8.45. The Balaban J connectivity index is 1.37. The van der Waals surface area contributed by atoms with Gasteiger partial charge in [-0.3, -0.25) is 4.79 Å². The van der Waals surface area contributed by atoms with Crippen molar-refractivity contribution in [3.8, 4) is 5.75 Å². The predicted molar refractivity (Wildman–Crippen MR) is 133 cm³/mol. The number of anilines is 1. The molecule has 0 atom stereocenters. The van der Waals surface area contributed by atoms with Gasteiger partial charge in [0.25, 0.3) is 0 Å². The fraction of sp³-hybridized carbons (Fsp3) is 0.423. The van der Waals surface area contributed by atoms with Crippen molar-refractivity contribution in [1.29, 1.82) is 0 Å². The molecule has 1 aromatic heterocycles. The van der Waals surface area contributed by atoms with Gasteiger partial charge in [-0.05, 0) is 41.7 Å². The Hall–Kier alpha value is -2.93. The molecule has 7 heteroatoms. The summed E-state index contributed by atoms with van der Waals surface area (Å²) in [4.78, 5) is 22.0. The van der Waals surface area contributed by atoms with Gasteiger partial charge in [0.1, 0.15) is 11.6 Å². The number of methoxy groups -OCH3 is 1. The summed E-state index contributed by atoms with van der Waals surface area (Å²) in [5.74, 6) is 1.86. The third-order valence-electron chi connectivity index (χ3n) is 6.08. The van der Waals surface area contributed by atoms with Crippen molar-refractivity contribution in [3.05, 3.63) is 71.0 Å². The predicted octanol–water partition coefficient (Wildman–Crippen LogP) is 4.72. The van der Waals surface area contributed by atoms with Crippen molar-refractivity contribution in [2.75, 3.05) is 31.6 Å². The van der Waals surface area contributed by atoms with Crippen LogP contribution in [0.1, 0.15) is 48.7 Å². The van der Waals surface area contributed by atoms with Crippen molar-refractivity contribution in [1.82, 2.24) is 14.3 Å². The lowest BCUT2D eigenvalue weighted by atomic mass is 10.00. The van der Waals surface area contributed by atoms with Crippen LogP contribution in [0, 0.1) is 0 Å². The number of hydrogen-bond donors (Lipinski definition) is 0. The van der Waals surface area contributed by atoms with Crippen LogP contribution in [0.4, 0.5) is 5.13 Å². The molecule has 6 nitrogen and oxygen atoms in total. The average Bonchev–Trinajstić information content (AvgIpc) is 3.31. The summed E-state index contributed by atoms with van der Waals surface area (Å²) < 4.78 is 9.91. The zero-order valence-electron chi connectivity index (χ0n) is 19.5. The van der Waals surface area contributed by atoms with Crippen LogP contribution in [0.5, 0.6) is 5.75 Å². The van der Waals surface area contributed by atoms with Crippen LogP contribution in [0.2, 0.25) is 0 Å². The number of aromatic nitrogens is 2. The molecule has 2 aromatic carbocycles. The molecule has 174 valence electrons. The number of rotatable bonds is 10. The van der Waals surface area contributed by atoms with E-state index < -0.39 is 0 Å². The number of carbonyl (C=O) groups is 1. The first-order chi connectivity index (χ1) is 16.2. The molecule has 0 aliphatic carbocycles. The maximum absolute atomic E-state index is 13.0. The third-order valence-corrected chi connectivity index (χ3v) is 6.90. The molecule has 0 unspecified atom stereocenters. The van der Waals surface area contributed by atoms with Crippen molar-refractivity contribution in [2.24, 2.45) is 0 Å². The fourth-order valence-corrected chi connectivity index (χ4v) is 4.90. The first-order valence-corrected chi connectivity index (χ1v) is 12.5. The van der Waals surface area contributed by atoms with Crippen molar-refractivity contribution in [2.45, 2.75) is 45.6 Å². The summed E-state index contributed by atoms with van der Waals surface area (Å²) in [6.45, 7) is 5.26. The molecular formula is C26H32N4O2S. The Labute approximate surface area is 200 Å². The Bertz CT molecular complexity index is 1070. The highest BCUT2D eigenvalue weighted by molar-refractivity contribution is 7.09. The van der Waals surface area contributed by atoms with Gasteiger partial charge in [0.2, 0.25) is 11.0 Å². The van der Waals surface area contributed by atoms with Crippen molar-refractivity contribution >= 4 is 22.6 Å². The topological polar surface area (TPSA) is 58.6 Å². The van der Waals surface area contributed by atoms with Crippen LogP contribution in [-0.4, -0.2) is 46.9 Å². The quantitative estimate of drug-likeness (QED) is 0.435. The Kier molecular flexibility index (Phi) is 7.94. The summed E-state index contributed by atoms with van der Waals surface area (Å²) >= 11 is 1.42. The lowest BCUT2D eigenvalue weighted by Crippen LogP contribution is -2.38. The van der Waals surface area contributed by atoms with Crippen LogP contribution in [-0.2, 0) is 24.2 Å². The number of ether oxygens (including phenoxy) is 1. The molecule has 4 rings (SSSR count). The highest BCUT2D eigenvalue weighted by Crippen LogP contribution is 2.23. The second kappa shape index (κ2) is 11.3. The van der Waals surface area contributed by atoms with E-state index in [2.05, 4.69) is 46.5 Å². The average molecular weight is 465 g/mol. The lowest BCUT2D eigenvalue weighted by molar-refractivity contribution is -0.131. The Morgan fingerprint density at radius 3 is 2.82 bits per heavy atom. The molecule has 1 aliphatic heterocycles. The van der Waals surface area contributed by atoms with E-state index in [1.165, 1.54) is 22.7 Å². The lowest BCUT2D eigenvalue weighted by Gasteiger charge is -2.30. The van der Waals surface area contributed by atoms with Crippen LogP contribution in [0.3, 0.4) is 0 Å². The molecule has 0 saturated carbocycles. The zero-order chi connectivity index (χ0) is 23.0. The van der Waals surface area contributed by atoms with Crippen LogP contribution < -0.4 is 9.64 Å². The largest absolute Gasteiger partial charge is 0.497 e. The van der Waals surface area contributed by atoms with Gasteiger partial charge >= 0.3 is 0 Å². The highest BCUT2D eigenvalue weighted by atomic mass is 32.1. The summed E-state index contributed by atoms with van der Waals surface area (Å²) in [6, 6.07) is 16.4. The van der Waals surface area contributed by atoms with E-state index in [1.807, 2.05) is 23.1 Å². The van der Waals surface area contributed by atoms with Gasteiger partial charge in [0, 0.05) is 50.6 Å². The number of nitrogens with zero attached hydrogens (tertiary/aromatic N) is 4. The molecule has 0 spiro atoms. The molecular weight excluding hydrogens is 432 g/mol. The van der Waals surface area contributed by atoms with E-state index in [0.717, 1.165) is 54.6 Å². The van der Waals surface area contributed by atoms with Gasteiger partial charge in [0.15, 0.2) is 0 Å². The van der Waals surface area contributed by atoms with E-state index in [4.69, 9.17) is 9.72 Å². The van der Waals surface area contributed by atoms with Crippen LogP contribution in [0.15, 0.2) is 48.5 Å². The normalized spacial score (nSPS) is 13.0. The van der Waals surface area contributed by atoms with E-state index >= 15 is 0 Å². The standard InChI is InChI=1S/C26H32N4O2S/c1-3-4-14-29(16-13-25(31)30-15-12-21-9-5-6-10-22(21)19-30)26-27-24(28-33-26)18-20-8-7-11-23(17-20)32-2/h5-11,17H,3-4,12-16,18-19H2,1-2H3. The molecule has 0 radical (unpaired) electrons. The van der Waals surface area contributed by atoms with E-state index in [9.17, 15) is 4.79 Å². The van der Waals surface area contributed by atoms with Gasteiger partial charge in [0.05, 0.1) is 7.11 Å². The van der Waals surface area contributed by atoms with E-state index in [-0.39, 0.29) is 5.91 Å². The minimum absolute atomic E-state index is 0.215. The molecule has 0 saturated heterocycles. The minimum atomic E-state index is 0.215. The SMILES string of the molecule is CCCCN(CCC(=O)N1CCc2ccccc2C1)c1nc(Cc2cccc(OC)c2)ns1. The molecule has 3 aromatic rings. The maximum atomic E-state index is 13.0. The number of benzene rings is 2. The van der Waals surface area contributed by atoms with Crippen molar-refractivity contribution in [3.63, 3.8) is 0 Å². The molecule has 0 fully saturated rings. The van der Waals surface area contributed by atoms with Gasteiger partial charge in [-0.2, -0.15) is 4.37 Å². The smallest absolute Gasteiger partial charge is 0.224 e. The monoisotopic (exact) mass is 464 g/mol. The highest BCUT2D eigenvalue weighted by Gasteiger charge is 2.21. The van der Waals surface area contributed by atoms with Crippen molar-refractivity contribution < 1.29 is 9.53 Å². The fourth-order valence-electron chi connectivity index (χ4n) is 4.16. The van der Waals surface area contributed by atoms with Gasteiger partial charge in [-0.15, -0.1) is 0 Å².